The van der Waals surface area contributed by atoms with E-state index in [1.54, 1.807) is 13.0 Å². The van der Waals surface area contributed by atoms with Crippen LogP contribution < -0.4 is 5.32 Å². The number of rotatable bonds is 8. The largest absolute Gasteiger partial charge is 0.480 e. The van der Waals surface area contributed by atoms with Crippen molar-refractivity contribution in [1.29, 1.82) is 0 Å². The normalized spacial score (nSPS) is 13.9. The lowest BCUT2D eigenvalue weighted by Crippen LogP contribution is -2.43. The molecule has 5 heteroatoms. The molecule has 2 unspecified atom stereocenters. The zero-order chi connectivity index (χ0) is 12.6. The van der Waals surface area contributed by atoms with Crippen molar-refractivity contribution in [2.75, 3.05) is 13.7 Å². The summed E-state index contributed by atoms with van der Waals surface area (Å²) in [4.78, 5) is 22.4. The molecule has 0 saturated heterocycles. The van der Waals surface area contributed by atoms with Gasteiger partial charge in [-0.2, -0.15) is 0 Å². The van der Waals surface area contributed by atoms with Crippen molar-refractivity contribution < 1.29 is 19.4 Å². The SMILES string of the molecule is C=CCCC(NC(=O)C(C)COC)C(=O)O. The molecule has 0 fully saturated rings. The van der Waals surface area contributed by atoms with Gasteiger partial charge < -0.3 is 15.2 Å². The molecule has 0 spiro atoms. The van der Waals surface area contributed by atoms with Gasteiger partial charge in [0.2, 0.25) is 5.91 Å². The fraction of sp³-hybridized carbons (Fsp3) is 0.636. The van der Waals surface area contributed by atoms with Crippen LogP contribution in [0.1, 0.15) is 19.8 Å². The van der Waals surface area contributed by atoms with Crippen LogP contribution in [0.3, 0.4) is 0 Å². The number of carbonyl (C=O) groups excluding carboxylic acids is 1. The lowest BCUT2D eigenvalue weighted by Gasteiger charge is -2.16. The van der Waals surface area contributed by atoms with Gasteiger partial charge in [0.15, 0.2) is 0 Å². The van der Waals surface area contributed by atoms with E-state index < -0.39 is 12.0 Å². The van der Waals surface area contributed by atoms with Crippen molar-refractivity contribution in [3.63, 3.8) is 0 Å². The Morgan fingerprint density at radius 1 is 1.56 bits per heavy atom. The quantitative estimate of drug-likeness (QED) is 0.604. The second-order valence-electron chi connectivity index (χ2n) is 3.62. The highest BCUT2D eigenvalue weighted by molar-refractivity contribution is 5.84. The van der Waals surface area contributed by atoms with Gasteiger partial charge in [0.05, 0.1) is 12.5 Å². The zero-order valence-electron chi connectivity index (χ0n) is 9.73. The first kappa shape index (κ1) is 14.6. The summed E-state index contributed by atoms with van der Waals surface area (Å²) in [5.41, 5.74) is 0. The lowest BCUT2D eigenvalue weighted by atomic mass is 10.1. The van der Waals surface area contributed by atoms with Crippen LogP contribution in [0.25, 0.3) is 0 Å². The highest BCUT2D eigenvalue weighted by atomic mass is 16.5. The van der Waals surface area contributed by atoms with E-state index in [0.717, 1.165) is 0 Å². The molecule has 0 aliphatic heterocycles. The molecule has 0 aromatic rings. The van der Waals surface area contributed by atoms with Crippen LogP contribution in [-0.2, 0) is 14.3 Å². The average molecular weight is 229 g/mol. The van der Waals surface area contributed by atoms with Gasteiger partial charge in [0, 0.05) is 7.11 Å². The van der Waals surface area contributed by atoms with E-state index in [2.05, 4.69) is 11.9 Å². The number of nitrogens with one attached hydrogen (secondary N) is 1. The van der Waals surface area contributed by atoms with Gasteiger partial charge in [-0.25, -0.2) is 4.79 Å². The summed E-state index contributed by atoms with van der Waals surface area (Å²) in [5, 5.41) is 11.3. The number of ether oxygens (including phenoxy) is 1. The number of carboxylic acid groups (broad SMARTS) is 1. The van der Waals surface area contributed by atoms with E-state index in [4.69, 9.17) is 9.84 Å². The summed E-state index contributed by atoms with van der Waals surface area (Å²) in [5.74, 6) is -1.69. The number of methoxy groups -OCH3 is 1. The van der Waals surface area contributed by atoms with Gasteiger partial charge in [-0.1, -0.05) is 13.0 Å². The molecule has 2 atom stereocenters. The number of hydrogen-bond donors (Lipinski definition) is 2. The summed E-state index contributed by atoms with van der Waals surface area (Å²) < 4.78 is 4.82. The van der Waals surface area contributed by atoms with Crippen LogP contribution in [0.2, 0.25) is 0 Å². The predicted octanol–water partition coefficient (Wildman–Crippen LogP) is 0.804. The molecular formula is C11H19NO4. The number of carboxylic acids is 1. The highest BCUT2D eigenvalue weighted by Gasteiger charge is 2.21. The Morgan fingerprint density at radius 2 is 2.19 bits per heavy atom. The minimum atomic E-state index is -1.03. The number of carbonyl (C=O) groups is 2. The van der Waals surface area contributed by atoms with Gasteiger partial charge >= 0.3 is 5.97 Å². The maximum atomic E-state index is 11.5. The van der Waals surface area contributed by atoms with Gasteiger partial charge in [-0.15, -0.1) is 6.58 Å². The highest BCUT2D eigenvalue weighted by Crippen LogP contribution is 2.02. The Labute approximate surface area is 95.5 Å². The van der Waals surface area contributed by atoms with Crippen molar-refractivity contribution in [1.82, 2.24) is 5.32 Å². The van der Waals surface area contributed by atoms with Crippen LogP contribution in [0.15, 0.2) is 12.7 Å². The summed E-state index contributed by atoms with van der Waals surface area (Å²) in [7, 11) is 1.50. The fourth-order valence-corrected chi connectivity index (χ4v) is 1.18. The van der Waals surface area contributed by atoms with E-state index in [-0.39, 0.29) is 18.4 Å². The third kappa shape index (κ3) is 5.50. The molecule has 16 heavy (non-hydrogen) atoms. The average Bonchev–Trinajstić information content (AvgIpc) is 2.23. The summed E-state index contributed by atoms with van der Waals surface area (Å²) >= 11 is 0. The molecule has 0 aromatic carbocycles. The Balaban J connectivity index is 4.22. The second-order valence-corrected chi connectivity index (χ2v) is 3.62. The van der Waals surface area contributed by atoms with E-state index in [1.165, 1.54) is 7.11 Å². The Bertz CT molecular complexity index is 252. The smallest absolute Gasteiger partial charge is 0.326 e. The standard InChI is InChI=1S/C11H19NO4/c1-4-5-6-9(11(14)15)12-10(13)8(2)7-16-3/h4,8-9H,1,5-7H2,2-3H3,(H,12,13)(H,14,15). The van der Waals surface area contributed by atoms with Crippen LogP contribution in [0, 0.1) is 5.92 Å². The number of allylic oxidation sites excluding steroid dienone is 1. The van der Waals surface area contributed by atoms with Gasteiger partial charge in [-0.05, 0) is 12.8 Å². The predicted molar refractivity (Wildman–Crippen MR) is 60.0 cm³/mol. The monoisotopic (exact) mass is 229 g/mol. The number of hydrogen-bond acceptors (Lipinski definition) is 3. The molecule has 1 amide bonds. The molecule has 0 aliphatic carbocycles. The van der Waals surface area contributed by atoms with Crippen LogP contribution in [0.5, 0.6) is 0 Å². The van der Waals surface area contributed by atoms with Crippen molar-refractivity contribution in [2.45, 2.75) is 25.8 Å². The first-order valence-corrected chi connectivity index (χ1v) is 5.16. The first-order chi connectivity index (χ1) is 7.52. The Kier molecular flexibility index (Phi) is 7.20. The molecule has 92 valence electrons. The summed E-state index contributed by atoms with van der Waals surface area (Å²) in [6.07, 6.45) is 2.53. The molecule has 0 saturated carbocycles. The Morgan fingerprint density at radius 3 is 2.62 bits per heavy atom. The maximum absolute atomic E-state index is 11.5. The number of amides is 1. The zero-order valence-corrected chi connectivity index (χ0v) is 9.73. The maximum Gasteiger partial charge on any atom is 0.326 e. The molecule has 0 aliphatic rings. The van der Waals surface area contributed by atoms with Gasteiger partial charge in [0.1, 0.15) is 6.04 Å². The van der Waals surface area contributed by atoms with E-state index in [1.807, 2.05) is 0 Å². The number of aliphatic carboxylic acids is 1. The molecular weight excluding hydrogens is 210 g/mol. The van der Waals surface area contributed by atoms with E-state index in [9.17, 15) is 9.59 Å². The van der Waals surface area contributed by atoms with Crippen molar-refractivity contribution in [3.05, 3.63) is 12.7 Å². The molecule has 0 aromatic heterocycles. The molecule has 0 rings (SSSR count). The molecule has 0 heterocycles. The Hall–Kier alpha value is -1.36. The molecule has 5 nitrogen and oxygen atoms in total. The second kappa shape index (κ2) is 7.87. The van der Waals surface area contributed by atoms with Gasteiger partial charge in [0.25, 0.3) is 0 Å². The van der Waals surface area contributed by atoms with Crippen molar-refractivity contribution >= 4 is 11.9 Å². The van der Waals surface area contributed by atoms with Crippen molar-refractivity contribution in [3.8, 4) is 0 Å². The molecule has 0 bridgehead atoms. The van der Waals surface area contributed by atoms with Crippen molar-refractivity contribution in [2.24, 2.45) is 5.92 Å². The topological polar surface area (TPSA) is 75.6 Å². The third-order valence-corrected chi connectivity index (χ3v) is 2.14. The molecule has 0 radical (unpaired) electrons. The minimum Gasteiger partial charge on any atom is -0.480 e. The fourth-order valence-electron chi connectivity index (χ4n) is 1.18. The first-order valence-electron chi connectivity index (χ1n) is 5.16. The molecule has 2 N–H and O–H groups in total. The van der Waals surface area contributed by atoms with E-state index >= 15 is 0 Å². The van der Waals surface area contributed by atoms with E-state index in [0.29, 0.717) is 12.8 Å². The van der Waals surface area contributed by atoms with Crippen LogP contribution in [-0.4, -0.2) is 36.7 Å². The summed E-state index contributed by atoms with van der Waals surface area (Å²) in [6, 6.07) is -0.857. The minimum absolute atomic E-state index is 0.277. The van der Waals surface area contributed by atoms with Gasteiger partial charge in [-0.3, -0.25) is 4.79 Å². The third-order valence-electron chi connectivity index (χ3n) is 2.14. The lowest BCUT2D eigenvalue weighted by molar-refractivity contribution is -0.142. The summed E-state index contributed by atoms with van der Waals surface area (Å²) in [6.45, 7) is 5.47. The van der Waals surface area contributed by atoms with Crippen LogP contribution >= 0.6 is 0 Å². The van der Waals surface area contributed by atoms with Crippen LogP contribution in [0.4, 0.5) is 0 Å².